The third kappa shape index (κ3) is 2.76. The molecular weight excluding hydrogens is 286 g/mol. The quantitative estimate of drug-likeness (QED) is 0.701. The summed E-state index contributed by atoms with van der Waals surface area (Å²) in [5.41, 5.74) is 6.59. The van der Waals surface area contributed by atoms with Crippen molar-refractivity contribution in [1.82, 2.24) is 10.6 Å². The fourth-order valence-electron chi connectivity index (χ4n) is 1.71. The maximum Gasteiger partial charge on any atom is 0.253 e. The Hall–Kier alpha value is -1.56. The van der Waals surface area contributed by atoms with Crippen molar-refractivity contribution < 1.29 is 9.59 Å². The van der Waals surface area contributed by atoms with Gasteiger partial charge in [0.05, 0.1) is 11.6 Å². The van der Waals surface area contributed by atoms with Gasteiger partial charge >= 0.3 is 0 Å². The molecule has 0 spiro atoms. The molecule has 1 heterocycles. The Morgan fingerprint density at radius 1 is 1.53 bits per heavy atom. The van der Waals surface area contributed by atoms with Crippen LogP contribution in [0, 0.1) is 0 Å². The molecule has 0 aromatic heterocycles. The molecule has 1 aliphatic rings. The zero-order valence-electron chi connectivity index (χ0n) is 9.00. The zero-order valence-corrected chi connectivity index (χ0v) is 10.6. The largest absolute Gasteiger partial charge is 0.398 e. The summed E-state index contributed by atoms with van der Waals surface area (Å²) in [6, 6.07) is 4.92. The van der Waals surface area contributed by atoms with Crippen LogP contribution in [0.1, 0.15) is 16.8 Å². The summed E-state index contributed by atoms with van der Waals surface area (Å²) < 4.78 is 0.823. The van der Waals surface area contributed by atoms with Crippen molar-refractivity contribution >= 4 is 33.4 Å². The van der Waals surface area contributed by atoms with E-state index in [4.69, 9.17) is 5.73 Å². The van der Waals surface area contributed by atoms with Crippen LogP contribution in [0.4, 0.5) is 5.69 Å². The molecule has 1 aromatic carbocycles. The first-order valence-corrected chi connectivity index (χ1v) is 5.98. The van der Waals surface area contributed by atoms with Crippen molar-refractivity contribution in [2.45, 2.75) is 12.5 Å². The molecule has 17 heavy (non-hydrogen) atoms. The van der Waals surface area contributed by atoms with E-state index >= 15 is 0 Å². The van der Waals surface area contributed by atoms with Gasteiger partial charge in [-0.15, -0.1) is 0 Å². The van der Waals surface area contributed by atoms with E-state index in [9.17, 15) is 9.59 Å². The van der Waals surface area contributed by atoms with Crippen molar-refractivity contribution in [3.05, 3.63) is 28.2 Å². The summed E-state index contributed by atoms with van der Waals surface area (Å²) in [6.45, 7) is 0.473. The highest BCUT2D eigenvalue weighted by atomic mass is 79.9. The topological polar surface area (TPSA) is 84.2 Å². The average Bonchev–Trinajstić information content (AvgIpc) is 2.63. The van der Waals surface area contributed by atoms with Gasteiger partial charge in [-0.05, 0) is 18.2 Å². The molecule has 1 fully saturated rings. The highest BCUT2D eigenvalue weighted by Gasteiger charge is 2.23. The molecular formula is C11H12BrN3O2. The second-order valence-electron chi connectivity index (χ2n) is 3.91. The minimum atomic E-state index is -0.253. The molecule has 0 saturated carbocycles. The first kappa shape index (κ1) is 11.9. The van der Waals surface area contributed by atoms with Crippen molar-refractivity contribution in [2.75, 3.05) is 12.3 Å². The van der Waals surface area contributed by atoms with Crippen LogP contribution in [0.15, 0.2) is 22.7 Å². The number of carbonyl (C=O) groups is 2. The number of hydrogen-bond acceptors (Lipinski definition) is 3. The third-order valence-electron chi connectivity index (χ3n) is 2.57. The number of rotatable bonds is 2. The number of amides is 2. The molecule has 0 radical (unpaired) electrons. The number of anilines is 1. The Kier molecular flexibility index (Phi) is 3.33. The zero-order chi connectivity index (χ0) is 12.4. The minimum Gasteiger partial charge on any atom is -0.398 e. The smallest absolute Gasteiger partial charge is 0.253 e. The van der Waals surface area contributed by atoms with Crippen LogP contribution in [0.5, 0.6) is 0 Å². The van der Waals surface area contributed by atoms with Crippen molar-refractivity contribution in [3.8, 4) is 0 Å². The van der Waals surface area contributed by atoms with E-state index < -0.39 is 0 Å². The van der Waals surface area contributed by atoms with Crippen LogP contribution in [-0.4, -0.2) is 24.4 Å². The van der Waals surface area contributed by atoms with Gasteiger partial charge in [-0.2, -0.15) is 0 Å². The van der Waals surface area contributed by atoms with Crippen molar-refractivity contribution in [3.63, 3.8) is 0 Å². The number of nitrogens with one attached hydrogen (secondary N) is 2. The average molecular weight is 298 g/mol. The van der Waals surface area contributed by atoms with E-state index in [1.54, 1.807) is 18.2 Å². The van der Waals surface area contributed by atoms with Gasteiger partial charge in [0.2, 0.25) is 5.91 Å². The van der Waals surface area contributed by atoms with Gasteiger partial charge in [0.15, 0.2) is 0 Å². The number of hydrogen-bond donors (Lipinski definition) is 3. The Bertz CT molecular complexity index is 476. The SMILES string of the molecule is Nc1cc(Br)ccc1C(=O)NC1CNC(=O)C1. The second-order valence-corrected chi connectivity index (χ2v) is 4.83. The van der Waals surface area contributed by atoms with Crippen LogP contribution >= 0.6 is 15.9 Å². The van der Waals surface area contributed by atoms with E-state index in [0.29, 0.717) is 24.2 Å². The molecule has 90 valence electrons. The molecule has 2 amide bonds. The molecule has 5 nitrogen and oxygen atoms in total. The summed E-state index contributed by atoms with van der Waals surface area (Å²) in [5, 5.41) is 5.43. The predicted octanol–water partition coefficient (Wildman–Crippen LogP) is 0.650. The monoisotopic (exact) mass is 297 g/mol. The van der Waals surface area contributed by atoms with Gasteiger partial charge in [-0.3, -0.25) is 9.59 Å². The highest BCUT2D eigenvalue weighted by molar-refractivity contribution is 9.10. The molecule has 1 atom stereocenters. The van der Waals surface area contributed by atoms with Gasteiger partial charge in [-0.25, -0.2) is 0 Å². The predicted molar refractivity (Wildman–Crippen MR) is 67.4 cm³/mol. The Morgan fingerprint density at radius 3 is 2.88 bits per heavy atom. The molecule has 1 aliphatic heterocycles. The first-order valence-electron chi connectivity index (χ1n) is 5.19. The summed E-state index contributed by atoms with van der Waals surface area (Å²) >= 11 is 3.28. The normalized spacial score (nSPS) is 18.9. The molecule has 2 rings (SSSR count). The minimum absolute atomic E-state index is 0.0425. The highest BCUT2D eigenvalue weighted by Crippen LogP contribution is 2.18. The number of nitrogen functional groups attached to an aromatic ring is 1. The van der Waals surface area contributed by atoms with Crippen LogP contribution < -0.4 is 16.4 Å². The van der Waals surface area contributed by atoms with Crippen LogP contribution in [-0.2, 0) is 4.79 Å². The van der Waals surface area contributed by atoms with Gasteiger partial charge in [0.1, 0.15) is 0 Å². The van der Waals surface area contributed by atoms with Crippen molar-refractivity contribution in [1.29, 1.82) is 0 Å². The van der Waals surface area contributed by atoms with Crippen molar-refractivity contribution in [2.24, 2.45) is 0 Å². The lowest BCUT2D eigenvalue weighted by molar-refractivity contribution is -0.119. The van der Waals surface area contributed by atoms with Gasteiger partial charge < -0.3 is 16.4 Å². The Morgan fingerprint density at radius 2 is 2.29 bits per heavy atom. The summed E-state index contributed by atoms with van der Waals surface area (Å²) in [5.74, 6) is -0.296. The number of carbonyl (C=O) groups excluding carboxylic acids is 2. The molecule has 0 aliphatic carbocycles. The van der Waals surface area contributed by atoms with E-state index in [1.165, 1.54) is 0 Å². The fourth-order valence-corrected chi connectivity index (χ4v) is 2.09. The Labute approximate surface area is 107 Å². The molecule has 1 aromatic rings. The summed E-state index contributed by atoms with van der Waals surface area (Å²) in [6.07, 6.45) is 0.322. The van der Waals surface area contributed by atoms with Crippen LogP contribution in [0.25, 0.3) is 0 Å². The number of nitrogens with two attached hydrogens (primary N) is 1. The van der Waals surface area contributed by atoms with Crippen LogP contribution in [0.3, 0.4) is 0 Å². The fraction of sp³-hybridized carbons (Fsp3) is 0.273. The maximum absolute atomic E-state index is 11.9. The van der Waals surface area contributed by atoms with Gasteiger partial charge in [0, 0.05) is 23.1 Å². The van der Waals surface area contributed by atoms with Gasteiger partial charge in [0.25, 0.3) is 5.91 Å². The molecule has 1 unspecified atom stereocenters. The standard InChI is InChI=1S/C11H12BrN3O2/c12-6-1-2-8(9(13)3-6)11(17)15-7-4-10(16)14-5-7/h1-3,7H,4-5,13H2,(H,14,16)(H,15,17). The molecule has 6 heteroatoms. The van der Waals surface area contributed by atoms with E-state index in [-0.39, 0.29) is 17.9 Å². The molecule has 1 saturated heterocycles. The molecule has 0 bridgehead atoms. The molecule has 4 N–H and O–H groups in total. The first-order chi connectivity index (χ1) is 8.06. The number of halogens is 1. The lowest BCUT2D eigenvalue weighted by Crippen LogP contribution is -2.36. The third-order valence-corrected chi connectivity index (χ3v) is 3.06. The lowest BCUT2D eigenvalue weighted by atomic mass is 10.1. The summed E-state index contributed by atoms with van der Waals surface area (Å²) in [4.78, 5) is 22.9. The number of benzene rings is 1. The van der Waals surface area contributed by atoms with E-state index in [2.05, 4.69) is 26.6 Å². The van der Waals surface area contributed by atoms with E-state index in [0.717, 1.165) is 4.47 Å². The second kappa shape index (κ2) is 4.75. The van der Waals surface area contributed by atoms with Crippen LogP contribution in [0.2, 0.25) is 0 Å². The maximum atomic E-state index is 11.9. The summed E-state index contributed by atoms with van der Waals surface area (Å²) in [7, 11) is 0. The van der Waals surface area contributed by atoms with Gasteiger partial charge in [-0.1, -0.05) is 15.9 Å². The Balaban J connectivity index is 2.07. The lowest BCUT2D eigenvalue weighted by Gasteiger charge is -2.11. The van der Waals surface area contributed by atoms with E-state index in [1.807, 2.05) is 0 Å².